The van der Waals surface area contributed by atoms with Gasteiger partial charge in [0.15, 0.2) is 0 Å². The molecule has 0 unspecified atom stereocenters. The molecule has 0 saturated heterocycles. The van der Waals surface area contributed by atoms with E-state index in [2.05, 4.69) is 41.8 Å². The van der Waals surface area contributed by atoms with E-state index in [1.807, 2.05) is 0 Å². The van der Waals surface area contributed by atoms with E-state index in [0.29, 0.717) is 32.5 Å². The van der Waals surface area contributed by atoms with Gasteiger partial charge in [-0.3, -0.25) is 5.41 Å². The highest BCUT2D eigenvalue weighted by atomic mass is 79.9. The van der Waals surface area contributed by atoms with Gasteiger partial charge in [-0.25, -0.2) is 4.98 Å². The Kier molecular flexibility index (Phi) is 3.57. The average Bonchev–Trinajstić information content (AvgIpc) is 2.91. The first-order valence-electron chi connectivity index (χ1n) is 6.13. The molecule has 0 spiro atoms. The van der Waals surface area contributed by atoms with Crippen molar-refractivity contribution in [2.24, 2.45) is 5.73 Å². The van der Waals surface area contributed by atoms with Crippen LogP contribution in [0.1, 0.15) is 5.56 Å². The number of fused-ring (bicyclic) bond motifs is 1. The van der Waals surface area contributed by atoms with Crippen molar-refractivity contribution < 1.29 is 10.2 Å². The minimum absolute atomic E-state index is 0.0315. The smallest absolute Gasteiger partial charge is 0.147 e. The maximum absolute atomic E-state index is 10.2. The lowest BCUT2D eigenvalue weighted by molar-refractivity contribution is 0.443. The molecule has 0 amide bonds. The molecule has 0 fully saturated rings. The molecule has 2 aromatic carbocycles. The molecule has 1 aromatic heterocycles. The highest BCUT2D eigenvalue weighted by Gasteiger charge is 2.18. The van der Waals surface area contributed by atoms with Gasteiger partial charge in [0.25, 0.3) is 0 Å². The molecule has 0 aliphatic rings. The van der Waals surface area contributed by atoms with Crippen molar-refractivity contribution in [2.45, 2.75) is 0 Å². The minimum atomic E-state index is -0.119. The number of halogens is 2. The first kappa shape index (κ1) is 14.9. The Morgan fingerprint density at radius 3 is 2.59 bits per heavy atom. The number of benzene rings is 2. The van der Waals surface area contributed by atoms with E-state index in [4.69, 9.17) is 11.1 Å². The number of nitrogens with two attached hydrogens (primary N) is 1. The van der Waals surface area contributed by atoms with Crippen molar-refractivity contribution in [2.75, 3.05) is 0 Å². The molecular formula is C14H10Br2N4O2. The van der Waals surface area contributed by atoms with E-state index < -0.39 is 0 Å². The number of nitrogens with one attached hydrogen (secondary N) is 2. The number of aromatic nitrogens is 2. The first-order chi connectivity index (χ1) is 10.4. The monoisotopic (exact) mass is 424 g/mol. The van der Waals surface area contributed by atoms with E-state index in [1.165, 1.54) is 0 Å². The number of nitrogens with zero attached hydrogens (tertiary/aromatic N) is 1. The summed E-state index contributed by atoms with van der Waals surface area (Å²) in [6.07, 6.45) is 0. The van der Waals surface area contributed by atoms with Crippen LogP contribution in [-0.2, 0) is 0 Å². The number of hydrogen-bond donors (Lipinski definition) is 5. The SMILES string of the molecule is N=C(N)c1ccc2nc(-c3cc(Br)c(O)c(Br)c3O)[nH]c2c1. The van der Waals surface area contributed by atoms with Gasteiger partial charge in [-0.05, 0) is 56.1 Å². The summed E-state index contributed by atoms with van der Waals surface area (Å²) in [6.45, 7) is 0. The predicted octanol–water partition coefficient (Wildman–Crippen LogP) is 3.45. The minimum Gasteiger partial charge on any atom is -0.506 e. The van der Waals surface area contributed by atoms with Crippen LogP contribution in [0.5, 0.6) is 11.5 Å². The molecular weight excluding hydrogens is 416 g/mol. The lowest BCUT2D eigenvalue weighted by Crippen LogP contribution is -2.10. The molecule has 0 atom stereocenters. The lowest BCUT2D eigenvalue weighted by Gasteiger charge is -2.07. The third kappa shape index (κ3) is 2.34. The lowest BCUT2D eigenvalue weighted by atomic mass is 10.2. The zero-order valence-corrected chi connectivity index (χ0v) is 14.2. The van der Waals surface area contributed by atoms with Gasteiger partial charge in [0.1, 0.15) is 27.6 Å². The van der Waals surface area contributed by atoms with E-state index in [0.717, 1.165) is 0 Å². The van der Waals surface area contributed by atoms with Gasteiger partial charge in [-0.15, -0.1) is 0 Å². The summed E-state index contributed by atoms with van der Waals surface area (Å²) < 4.78 is 0.610. The number of phenolic OH excluding ortho intramolecular Hbond substituents is 2. The maximum Gasteiger partial charge on any atom is 0.147 e. The van der Waals surface area contributed by atoms with Crippen LogP contribution >= 0.6 is 31.9 Å². The summed E-state index contributed by atoms with van der Waals surface area (Å²) in [5.41, 5.74) is 7.86. The molecule has 0 bridgehead atoms. The molecule has 1 heterocycles. The van der Waals surface area contributed by atoms with Crippen LogP contribution in [0.25, 0.3) is 22.4 Å². The average molecular weight is 426 g/mol. The summed E-state index contributed by atoms with van der Waals surface area (Å²) >= 11 is 6.36. The fraction of sp³-hybridized carbons (Fsp3) is 0. The fourth-order valence-electron chi connectivity index (χ4n) is 2.08. The summed E-state index contributed by atoms with van der Waals surface area (Å²) in [6, 6.07) is 6.74. The second kappa shape index (κ2) is 5.29. The van der Waals surface area contributed by atoms with Gasteiger partial charge in [-0.2, -0.15) is 0 Å². The highest BCUT2D eigenvalue weighted by molar-refractivity contribution is 9.11. The first-order valence-corrected chi connectivity index (χ1v) is 7.71. The fourth-order valence-corrected chi connectivity index (χ4v) is 3.20. The van der Waals surface area contributed by atoms with Gasteiger partial charge < -0.3 is 20.9 Å². The number of imidazole rings is 1. The van der Waals surface area contributed by atoms with E-state index >= 15 is 0 Å². The van der Waals surface area contributed by atoms with E-state index in [-0.39, 0.29) is 21.8 Å². The predicted molar refractivity (Wildman–Crippen MR) is 91.3 cm³/mol. The van der Waals surface area contributed by atoms with Crippen molar-refractivity contribution in [3.63, 3.8) is 0 Å². The van der Waals surface area contributed by atoms with Crippen LogP contribution in [0, 0.1) is 5.41 Å². The molecule has 112 valence electrons. The Labute approximate surface area is 141 Å². The normalized spacial score (nSPS) is 11.0. The number of rotatable bonds is 2. The van der Waals surface area contributed by atoms with Gasteiger partial charge in [0.05, 0.1) is 21.1 Å². The second-order valence-electron chi connectivity index (χ2n) is 4.65. The van der Waals surface area contributed by atoms with Crippen LogP contribution < -0.4 is 5.73 Å². The summed E-state index contributed by atoms with van der Waals surface area (Å²) in [5, 5.41) is 27.4. The number of phenols is 2. The zero-order chi connectivity index (χ0) is 16.0. The van der Waals surface area contributed by atoms with Gasteiger partial charge in [0.2, 0.25) is 0 Å². The molecule has 0 aliphatic carbocycles. The van der Waals surface area contributed by atoms with Crippen LogP contribution in [0.2, 0.25) is 0 Å². The number of amidine groups is 1. The van der Waals surface area contributed by atoms with Crippen molar-refractivity contribution >= 4 is 48.7 Å². The Morgan fingerprint density at radius 2 is 1.91 bits per heavy atom. The number of aromatic amines is 1. The topological polar surface area (TPSA) is 119 Å². The summed E-state index contributed by atoms with van der Waals surface area (Å²) in [4.78, 5) is 7.48. The molecule has 0 aliphatic heterocycles. The molecule has 3 rings (SSSR count). The van der Waals surface area contributed by atoms with Gasteiger partial charge in [-0.1, -0.05) is 0 Å². The molecule has 6 N–H and O–H groups in total. The summed E-state index contributed by atoms with van der Waals surface area (Å²) in [7, 11) is 0. The Hall–Kier alpha value is -2.06. The van der Waals surface area contributed by atoms with Crippen molar-refractivity contribution in [1.82, 2.24) is 9.97 Å². The van der Waals surface area contributed by atoms with E-state index in [1.54, 1.807) is 24.3 Å². The largest absolute Gasteiger partial charge is 0.506 e. The molecule has 0 radical (unpaired) electrons. The van der Waals surface area contributed by atoms with Crippen LogP contribution in [0.3, 0.4) is 0 Å². The molecule has 3 aromatic rings. The Bertz CT molecular complexity index is 921. The standard InChI is InChI=1S/C14H10Br2N4O2/c15-7-4-6(11(21)10(16)12(7)22)14-19-8-2-1-5(13(17)18)3-9(8)20-14/h1-4,21-22H,(H3,17,18)(H,19,20). The van der Waals surface area contributed by atoms with E-state index in [9.17, 15) is 10.2 Å². The Morgan fingerprint density at radius 1 is 1.18 bits per heavy atom. The maximum atomic E-state index is 10.2. The van der Waals surface area contributed by atoms with Crippen molar-refractivity contribution in [3.05, 3.63) is 38.8 Å². The third-order valence-electron chi connectivity index (χ3n) is 3.22. The molecule has 8 heteroatoms. The summed E-state index contributed by atoms with van der Waals surface area (Å²) in [5.74, 6) is 0.202. The van der Waals surface area contributed by atoms with Gasteiger partial charge in [0, 0.05) is 5.56 Å². The zero-order valence-electron chi connectivity index (χ0n) is 11.0. The highest BCUT2D eigenvalue weighted by Crippen LogP contribution is 2.44. The number of H-pyrrole nitrogens is 1. The molecule has 22 heavy (non-hydrogen) atoms. The molecule has 6 nitrogen and oxygen atoms in total. The number of nitrogen functional groups attached to an aromatic ring is 1. The van der Waals surface area contributed by atoms with Crippen LogP contribution in [-0.4, -0.2) is 26.0 Å². The quantitative estimate of drug-likeness (QED) is 0.319. The van der Waals surface area contributed by atoms with Crippen LogP contribution in [0.4, 0.5) is 0 Å². The number of hydrogen-bond acceptors (Lipinski definition) is 4. The number of aromatic hydroxyl groups is 2. The third-order valence-corrected chi connectivity index (χ3v) is 4.57. The van der Waals surface area contributed by atoms with Crippen molar-refractivity contribution in [1.29, 1.82) is 5.41 Å². The van der Waals surface area contributed by atoms with Crippen molar-refractivity contribution in [3.8, 4) is 22.9 Å². The Balaban J connectivity index is 2.21. The van der Waals surface area contributed by atoms with Gasteiger partial charge >= 0.3 is 0 Å². The molecule has 0 saturated carbocycles. The van der Waals surface area contributed by atoms with Crippen LogP contribution in [0.15, 0.2) is 33.2 Å². The second-order valence-corrected chi connectivity index (χ2v) is 6.30.